The van der Waals surface area contributed by atoms with Crippen LogP contribution in [0.3, 0.4) is 0 Å². The summed E-state index contributed by atoms with van der Waals surface area (Å²) in [6.45, 7) is 0.695. The molecular weight excluding hydrogens is 278 g/mol. The Labute approximate surface area is 124 Å². The van der Waals surface area contributed by atoms with Crippen LogP contribution in [0.15, 0.2) is 18.2 Å². The highest BCUT2D eigenvalue weighted by Crippen LogP contribution is 2.26. The molecule has 1 aromatic carbocycles. The lowest BCUT2D eigenvalue weighted by atomic mass is 9.86. The van der Waals surface area contributed by atoms with Crippen molar-refractivity contribution in [3.63, 3.8) is 0 Å². The number of nitrogens with one attached hydrogen (secondary N) is 1. The number of methoxy groups -OCH3 is 1. The Kier molecular flexibility index (Phi) is 5.26. The first-order chi connectivity index (χ1) is 9.60. The predicted octanol–water partition coefficient (Wildman–Crippen LogP) is 3.08. The molecule has 2 N–H and O–H groups in total. The zero-order valence-corrected chi connectivity index (χ0v) is 12.3. The van der Waals surface area contributed by atoms with E-state index in [0.717, 1.165) is 24.8 Å². The quantitative estimate of drug-likeness (QED) is 0.877. The number of carbonyl (C=O) groups is 1. The standard InChI is InChI=1S/C15H20ClNO3/c1-20-14-6-5-10(7-13(14)16)9-17-12-4-2-3-11(8-12)15(18)19/h5-7,11-12,17H,2-4,8-9H2,1H3,(H,18,19). The van der Waals surface area contributed by atoms with Gasteiger partial charge in [0.15, 0.2) is 0 Å². The minimum atomic E-state index is -0.677. The first-order valence-electron chi connectivity index (χ1n) is 6.88. The molecule has 1 fully saturated rings. The van der Waals surface area contributed by atoms with Crippen LogP contribution in [0.2, 0.25) is 5.02 Å². The van der Waals surface area contributed by atoms with Gasteiger partial charge in [0, 0.05) is 12.6 Å². The molecule has 1 aliphatic rings. The Bertz CT molecular complexity index is 478. The summed E-state index contributed by atoms with van der Waals surface area (Å²) in [6, 6.07) is 5.96. The normalized spacial score (nSPS) is 22.5. The van der Waals surface area contributed by atoms with Gasteiger partial charge in [0.05, 0.1) is 18.1 Å². The lowest BCUT2D eigenvalue weighted by molar-refractivity contribution is -0.143. The van der Waals surface area contributed by atoms with E-state index in [2.05, 4.69) is 5.32 Å². The van der Waals surface area contributed by atoms with Gasteiger partial charge in [0.2, 0.25) is 0 Å². The van der Waals surface area contributed by atoms with Gasteiger partial charge in [-0.3, -0.25) is 4.79 Å². The Balaban J connectivity index is 1.88. The summed E-state index contributed by atoms with van der Waals surface area (Å²) in [5.41, 5.74) is 1.08. The maximum absolute atomic E-state index is 11.0. The largest absolute Gasteiger partial charge is 0.495 e. The lowest BCUT2D eigenvalue weighted by Gasteiger charge is -2.27. The Morgan fingerprint density at radius 3 is 2.95 bits per heavy atom. The van der Waals surface area contributed by atoms with Gasteiger partial charge in [0.1, 0.15) is 5.75 Å². The molecule has 5 heteroatoms. The third-order valence-corrected chi connectivity index (χ3v) is 4.13. The van der Waals surface area contributed by atoms with Crippen LogP contribution in [0.1, 0.15) is 31.2 Å². The maximum Gasteiger partial charge on any atom is 0.306 e. The Morgan fingerprint density at radius 2 is 2.30 bits per heavy atom. The molecule has 0 aromatic heterocycles. The van der Waals surface area contributed by atoms with Crippen molar-refractivity contribution in [2.24, 2.45) is 5.92 Å². The number of hydrogen-bond donors (Lipinski definition) is 2. The molecule has 2 unspecified atom stereocenters. The molecule has 1 saturated carbocycles. The highest BCUT2D eigenvalue weighted by molar-refractivity contribution is 6.32. The van der Waals surface area contributed by atoms with E-state index in [1.807, 2.05) is 18.2 Å². The molecule has 4 nitrogen and oxygen atoms in total. The van der Waals surface area contributed by atoms with Gasteiger partial charge in [-0.05, 0) is 37.0 Å². The summed E-state index contributed by atoms with van der Waals surface area (Å²) in [5, 5.41) is 13.1. The minimum absolute atomic E-state index is 0.208. The van der Waals surface area contributed by atoms with Crippen molar-refractivity contribution in [2.75, 3.05) is 7.11 Å². The van der Waals surface area contributed by atoms with Gasteiger partial charge in [-0.1, -0.05) is 24.1 Å². The van der Waals surface area contributed by atoms with Gasteiger partial charge in [-0.25, -0.2) is 0 Å². The first kappa shape index (κ1) is 15.1. The molecule has 0 radical (unpaired) electrons. The van der Waals surface area contributed by atoms with Crippen LogP contribution in [0.25, 0.3) is 0 Å². The van der Waals surface area contributed by atoms with Crippen molar-refractivity contribution in [1.29, 1.82) is 0 Å². The molecule has 0 bridgehead atoms. The van der Waals surface area contributed by atoms with Crippen molar-refractivity contribution >= 4 is 17.6 Å². The molecule has 110 valence electrons. The summed E-state index contributed by atoms with van der Waals surface area (Å²) >= 11 is 6.09. The fraction of sp³-hybridized carbons (Fsp3) is 0.533. The zero-order valence-electron chi connectivity index (χ0n) is 11.6. The molecule has 0 saturated heterocycles. The van der Waals surface area contributed by atoms with Crippen molar-refractivity contribution in [3.8, 4) is 5.75 Å². The molecule has 1 aliphatic carbocycles. The summed E-state index contributed by atoms with van der Waals surface area (Å²) < 4.78 is 5.12. The number of aliphatic carboxylic acids is 1. The average Bonchev–Trinajstić information content (AvgIpc) is 2.45. The number of carboxylic acids is 1. The van der Waals surface area contributed by atoms with Gasteiger partial charge in [-0.15, -0.1) is 0 Å². The summed E-state index contributed by atoms with van der Waals surface area (Å²) in [7, 11) is 1.59. The van der Waals surface area contributed by atoms with Crippen molar-refractivity contribution < 1.29 is 14.6 Å². The summed E-state index contributed by atoms with van der Waals surface area (Å²) in [5.74, 6) is -0.219. The third kappa shape index (κ3) is 3.87. The van der Waals surface area contributed by atoms with E-state index in [1.165, 1.54) is 0 Å². The molecular formula is C15H20ClNO3. The highest BCUT2D eigenvalue weighted by atomic mass is 35.5. The molecule has 0 aliphatic heterocycles. The van der Waals surface area contributed by atoms with Crippen LogP contribution < -0.4 is 10.1 Å². The van der Waals surface area contributed by atoms with E-state index in [1.54, 1.807) is 7.11 Å². The fourth-order valence-corrected chi connectivity index (χ4v) is 2.96. The SMILES string of the molecule is COc1ccc(CNC2CCCC(C(=O)O)C2)cc1Cl. The van der Waals surface area contributed by atoms with E-state index in [9.17, 15) is 4.79 Å². The van der Waals surface area contributed by atoms with Crippen molar-refractivity contribution in [1.82, 2.24) is 5.32 Å². The van der Waals surface area contributed by atoms with E-state index in [0.29, 0.717) is 23.7 Å². The van der Waals surface area contributed by atoms with Crippen LogP contribution in [-0.2, 0) is 11.3 Å². The Morgan fingerprint density at radius 1 is 1.50 bits per heavy atom. The third-order valence-electron chi connectivity index (χ3n) is 3.83. The molecule has 0 heterocycles. The molecule has 0 amide bonds. The van der Waals surface area contributed by atoms with Gasteiger partial charge < -0.3 is 15.2 Å². The summed E-state index contributed by atoms with van der Waals surface area (Å²) in [4.78, 5) is 11.0. The van der Waals surface area contributed by atoms with Crippen LogP contribution in [0.4, 0.5) is 0 Å². The first-order valence-corrected chi connectivity index (χ1v) is 7.26. The number of halogens is 1. The fourth-order valence-electron chi connectivity index (χ4n) is 2.68. The smallest absolute Gasteiger partial charge is 0.306 e. The predicted molar refractivity (Wildman–Crippen MR) is 78.2 cm³/mol. The van der Waals surface area contributed by atoms with Crippen molar-refractivity contribution in [3.05, 3.63) is 28.8 Å². The lowest BCUT2D eigenvalue weighted by Crippen LogP contribution is -2.36. The number of ether oxygens (including phenoxy) is 1. The van der Waals surface area contributed by atoms with Crippen LogP contribution >= 0.6 is 11.6 Å². The molecule has 2 rings (SSSR count). The van der Waals surface area contributed by atoms with E-state index < -0.39 is 5.97 Å². The van der Waals surface area contributed by atoms with Gasteiger partial charge in [0.25, 0.3) is 0 Å². The number of benzene rings is 1. The van der Waals surface area contributed by atoms with Crippen LogP contribution in [0.5, 0.6) is 5.75 Å². The molecule has 2 atom stereocenters. The van der Waals surface area contributed by atoms with Gasteiger partial charge in [-0.2, -0.15) is 0 Å². The van der Waals surface area contributed by atoms with Gasteiger partial charge >= 0.3 is 5.97 Å². The van der Waals surface area contributed by atoms with Crippen LogP contribution in [0, 0.1) is 5.92 Å². The van der Waals surface area contributed by atoms with Crippen molar-refractivity contribution in [2.45, 2.75) is 38.3 Å². The maximum atomic E-state index is 11.0. The second kappa shape index (κ2) is 6.95. The number of rotatable bonds is 5. The second-order valence-corrected chi connectivity index (χ2v) is 5.66. The number of carboxylic acid groups (broad SMARTS) is 1. The van der Waals surface area contributed by atoms with E-state index in [4.69, 9.17) is 21.4 Å². The highest BCUT2D eigenvalue weighted by Gasteiger charge is 2.26. The number of hydrogen-bond acceptors (Lipinski definition) is 3. The minimum Gasteiger partial charge on any atom is -0.495 e. The Hall–Kier alpha value is -1.26. The average molecular weight is 298 g/mol. The molecule has 1 aromatic rings. The monoisotopic (exact) mass is 297 g/mol. The summed E-state index contributed by atoms with van der Waals surface area (Å²) in [6.07, 6.45) is 3.51. The second-order valence-electron chi connectivity index (χ2n) is 5.25. The molecule has 20 heavy (non-hydrogen) atoms. The molecule has 0 spiro atoms. The van der Waals surface area contributed by atoms with E-state index in [-0.39, 0.29) is 12.0 Å². The topological polar surface area (TPSA) is 58.6 Å². The van der Waals surface area contributed by atoms with Crippen LogP contribution in [-0.4, -0.2) is 24.2 Å². The van der Waals surface area contributed by atoms with E-state index >= 15 is 0 Å². The zero-order chi connectivity index (χ0) is 14.5.